The van der Waals surface area contributed by atoms with E-state index in [1.807, 2.05) is 60.4 Å². The van der Waals surface area contributed by atoms with Crippen LogP contribution in [0, 0.1) is 12.8 Å². The number of aromatic nitrogens is 1. The van der Waals surface area contributed by atoms with Gasteiger partial charge in [0.2, 0.25) is 11.8 Å². The summed E-state index contributed by atoms with van der Waals surface area (Å²) in [7, 11) is 0. The standard InChI is InChI=1S/C24H25N3O2/c1-17-5-2-6-18(15-17)16-22(28)27-13-10-20(11-14-27)24(29)26-21-9-3-7-19-8-4-12-25-23(19)21/h2-9,12,15,20H,10-11,13-14,16H2,1H3,(H,26,29). The third-order valence-electron chi connectivity index (χ3n) is 5.55. The lowest BCUT2D eigenvalue weighted by Crippen LogP contribution is -2.42. The molecule has 1 aliphatic rings. The SMILES string of the molecule is Cc1cccc(CC(=O)N2CCC(C(=O)Nc3cccc4cccnc34)CC2)c1. The number of aryl methyl sites for hydroxylation is 1. The number of pyridine rings is 1. The van der Waals surface area contributed by atoms with E-state index in [0.717, 1.165) is 27.7 Å². The molecule has 0 unspecified atom stereocenters. The maximum Gasteiger partial charge on any atom is 0.227 e. The first kappa shape index (κ1) is 19.1. The van der Waals surface area contributed by atoms with Gasteiger partial charge in [-0.2, -0.15) is 0 Å². The van der Waals surface area contributed by atoms with Gasteiger partial charge in [-0.3, -0.25) is 14.6 Å². The predicted octanol–water partition coefficient (Wildman–Crippen LogP) is 3.96. The van der Waals surface area contributed by atoms with Gasteiger partial charge in [-0.15, -0.1) is 0 Å². The summed E-state index contributed by atoms with van der Waals surface area (Å²) in [6.07, 6.45) is 3.52. The maximum atomic E-state index is 12.8. The number of anilines is 1. The van der Waals surface area contributed by atoms with Crippen LogP contribution in [0.5, 0.6) is 0 Å². The molecule has 2 amide bonds. The van der Waals surface area contributed by atoms with E-state index >= 15 is 0 Å². The van der Waals surface area contributed by atoms with Crippen molar-refractivity contribution in [2.24, 2.45) is 5.92 Å². The average molecular weight is 387 g/mol. The van der Waals surface area contributed by atoms with E-state index in [1.165, 1.54) is 0 Å². The second kappa shape index (κ2) is 8.43. The largest absolute Gasteiger partial charge is 0.342 e. The van der Waals surface area contributed by atoms with Crippen LogP contribution in [0.3, 0.4) is 0 Å². The molecule has 0 bridgehead atoms. The molecule has 29 heavy (non-hydrogen) atoms. The number of para-hydroxylation sites is 1. The summed E-state index contributed by atoms with van der Waals surface area (Å²) in [6, 6.07) is 17.7. The van der Waals surface area contributed by atoms with Gasteiger partial charge in [0, 0.05) is 30.6 Å². The number of rotatable bonds is 4. The van der Waals surface area contributed by atoms with Crippen LogP contribution < -0.4 is 5.32 Å². The number of likely N-dealkylation sites (tertiary alicyclic amines) is 1. The molecule has 1 fully saturated rings. The fourth-order valence-corrected chi connectivity index (χ4v) is 3.94. The molecule has 3 aromatic rings. The highest BCUT2D eigenvalue weighted by atomic mass is 16.2. The van der Waals surface area contributed by atoms with Crippen LogP contribution in [0.15, 0.2) is 60.8 Å². The Labute approximate surface area is 170 Å². The highest BCUT2D eigenvalue weighted by molar-refractivity contribution is 6.01. The summed E-state index contributed by atoms with van der Waals surface area (Å²) in [5, 5.41) is 4.04. The van der Waals surface area contributed by atoms with Crippen molar-refractivity contribution in [3.05, 3.63) is 71.9 Å². The Morgan fingerprint density at radius 2 is 1.83 bits per heavy atom. The zero-order valence-corrected chi connectivity index (χ0v) is 16.6. The first-order chi connectivity index (χ1) is 14.1. The number of amides is 2. The van der Waals surface area contributed by atoms with Gasteiger partial charge >= 0.3 is 0 Å². The van der Waals surface area contributed by atoms with Crippen LogP contribution in [0.1, 0.15) is 24.0 Å². The number of hydrogen-bond acceptors (Lipinski definition) is 3. The second-order valence-electron chi connectivity index (χ2n) is 7.69. The summed E-state index contributed by atoms with van der Waals surface area (Å²) in [5.74, 6) is 0.0543. The molecule has 0 spiro atoms. The minimum atomic E-state index is -0.0861. The summed E-state index contributed by atoms with van der Waals surface area (Å²) in [6.45, 7) is 3.27. The Morgan fingerprint density at radius 3 is 2.62 bits per heavy atom. The lowest BCUT2D eigenvalue weighted by Gasteiger charge is -2.31. The fraction of sp³-hybridized carbons (Fsp3) is 0.292. The topological polar surface area (TPSA) is 62.3 Å². The number of piperidine rings is 1. The van der Waals surface area contributed by atoms with Gasteiger partial charge in [0.05, 0.1) is 17.6 Å². The molecular weight excluding hydrogens is 362 g/mol. The van der Waals surface area contributed by atoms with Crippen molar-refractivity contribution in [3.63, 3.8) is 0 Å². The molecule has 1 saturated heterocycles. The van der Waals surface area contributed by atoms with E-state index in [0.29, 0.717) is 32.4 Å². The van der Waals surface area contributed by atoms with E-state index in [4.69, 9.17) is 0 Å². The van der Waals surface area contributed by atoms with Crippen molar-refractivity contribution in [2.45, 2.75) is 26.2 Å². The van der Waals surface area contributed by atoms with Crippen molar-refractivity contribution in [1.82, 2.24) is 9.88 Å². The number of fused-ring (bicyclic) bond motifs is 1. The quantitative estimate of drug-likeness (QED) is 0.737. The normalized spacial score (nSPS) is 14.7. The van der Waals surface area contributed by atoms with E-state index < -0.39 is 0 Å². The number of nitrogens with zero attached hydrogens (tertiary/aromatic N) is 2. The summed E-state index contributed by atoms with van der Waals surface area (Å²) in [5.41, 5.74) is 3.74. The molecule has 2 aromatic carbocycles. The maximum absolute atomic E-state index is 12.8. The first-order valence-electron chi connectivity index (χ1n) is 10.1. The molecule has 0 aliphatic carbocycles. The molecule has 4 rings (SSSR count). The number of carbonyl (C=O) groups is 2. The van der Waals surface area contributed by atoms with Crippen LogP contribution in [0.4, 0.5) is 5.69 Å². The van der Waals surface area contributed by atoms with Gasteiger partial charge in [0.25, 0.3) is 0 Å². The van der Waals surface area contributed by atoms with Gasteiger partial charge in [0.1, 0.15) is 0 Å². The third-order valence-corrected chi connectivity index (χ3v) is 5.55. The molecule has 5 nitrogen and oxygen atoms in total. The molecule has 5 heteroatoms. The van der Waals surface area contributed by atoms with Gasteiger partial charge in [0.15, 0.2) is 0 Å². The van der Waals surface area contributed by atoms with E-state index in [9.17, 15) is 9.59 Å². The first-order valence-corrected chi connectivity index (χ1v) is 10.1. The molecule has 1 aromatic heterocycles. The zero-order valence-electron chi connectivity index (χ0n) is 16.6. The van der Waals surface area contributed by atoms with Gasteiger partial charge < -0.3 is 10.2 Å². The average Bonchev–Trinajstić information content (AvgIpc) is 2.74. The van der Waals surface area contributed by atoms with Crippen molar-refractivity contribution in [2.75, 3.05) is 18.4 Å². The van der Waals surface area contributed by atoms with Crippen LogP contribution in [0.2, 0.25) is 0 Å². The lowest BCUT2D eigenvalue weighted by molar-refractivity contribution is -0.133. The van der Waals surface area contributed by atoms with Crippen molar-refractivity contribution < 1.29 is 9.59 Å². The summed E-state index contributed by atoms with van der Waals surface area (Å²) < 4.78 is 0. The van der Waals surface area contributed by atoms with Crippen molar-refractivity contribution >= 4 is 28.4 Å². The number of hydrogen-bond donors (Lipinski definition) is 1. The van der Waals surface area contributed by atoms with E-state index in [2.05, 4.69) is 16.4 Å². The van der Waals surface area contributed by atoms with Crippen LogP contribution in [0.25, 0.3) is 10.9 Å². The highest BCUT2D eigenvalue weighted by Crippen LogP contribution is 2.24. The minimum Gasteiger partial charge on any atom is -0.342 e. The minimum absolute atomic E-state index is 0.00827. The molecule has 1 aliphatic heterocycles. The van der Waals surface area contributed by atoms with Crippen LogP contribution >= 0.6 is 0 Å². The molecular formula is C24H25N3O2. The number of carbonyl (C=O) groups excluding carboxylic acids is 2. The van der Waals surface area contributed by atoms with Crippen molar-refractivity contribution in [3.8, 4) is 0 Å². The lowest BCUT2D eigenvalue weighted by atomic mass is 9.95. The molecule has 0 saturated carbocycles. The van der Waals surface area contributed by atoms with Gasteiger partial charge in [-0.05, 0) is 37.5 Å². The zero-order chi connectivity index (χ0) is 20.2. The Morgan fingerprint density at radius 1 is 1.07 bits per heavy atom. The Hall–Kier alpha value is -3.21. The van der Waals surface area contributed by atoms with E-state index in [1.54, 1.807) is 6.20 Å². The second-order valence-corrected chi connectivity index (χ2v) is 7.69. The molecule has 1 N–H and O–H groups in total. The number of benzene rings is 2. The third kappa shape index (κ3) is 4.45. The predicted molar refractivity (Wildman–Crippen MR) is 115 cm³/mol. The smallest absolute Gasteiger partial charge is 0.227 e. The van der Waals surface area contributed by atoms with Crippen LogP contribution in [-0.2, 0) is 16.0 Å². The van der Waals surface area contributed by atoms with Gasteiger partial charge in [-0.1, -0.05) is 48.0 Å². The molecule has 148 valence electrons. The van der Waals surface area contributed by atoms with Crippen molar-refractivity contribution in [1.29, 1.82) is 0 Å². The summed E-state index contributed by atoms with van der Waals surface area (Å²) in [4.78, 5) is 31.7. The fourth-order valence-electron chi connectivity index (χ4n) is 3.94. The van der Waals surface area contributed by atoms with E-state index in [-0.39, 0.29) is 17.7 Å². The molecule has 0 atom stereocenters. The summed E-state index contributed by atoms with van der Waals surface area (Å²) >= 11 is 0. The molecule has 2 heterocycles. The van der Waals surface area contributed by atoms with Gasteiger partial charge in [-0.25, -0.2) is 0 Å². The highest BCUT2D eigenvalue weighted by Gasteiger charge is 2.27. The Kier molecular flexibility index (Phi) is 5.56. The monoisotopic (exact) mass is 387 g/mol. The molecule has 0 radical (unpaired) electrons. The Balaban J connectivity index is 1.34. The number of nitrogens with one attached hydrogen (secondary N) is 1. The Bertz CT molecular complexity index is 1030. The van der Waals surface area contributed by atoms with Crippen LogP contribution in [-0.4, -0.2) is 34.8 Å².